The number of hydrogen-bond donors (Lipinski definition) is 1. The molecule has 3 rings (SSSR count). The van der Waals surface area contributed by atoms with Crippen LogP contribution in [0, 0.1) is 6.92 Å². The van der Waals surface area contributed by atoms with Crippen LogP contribution in [0.25, 0.3) is 16.9 Å². The van der Waals surface area contributed by atoms with Crippen LogP contribution in [0.1, 0.15) is 5.69 Å². The lowest BCUT2D eigenvalue weighted by Crippen LogP contribution is -1.96. The van der Waals surface area contributed by atoms with Crippen molar-refractivity contribution in [3.63, 3.8) is 0 Å². The Kier molecular flexibility index (Phi) is 3.31. The van der Waals surface area contributed by atoms with Crippen LogP contribution in [0.2, 0.25) is 5.02 Å². The molecule has 0 radical (unpaired) electrons. The first-order valence-electron chi connectivity index (χ1n) is 6.00. The SMILES string of the molecule is CSc1c(C)nc2cc(-c3ccccc3Cl)nn2c1O. The fraction of sp³-hybridized carbons (Fsp3) is 0.143. The van der Waals surface area contributed by atoms with Crippen molar-refractivity contribution in [3.8, 4) is 17.1 Å². The fourth-order valence-corrected chi connectivity index (χ4v) is 2.97. The molecule has 102 valence electrons. The molecule has 0 aliphatic heterocycles. The molecule has 0 aliphatic rings. The maximum atomic E-state index is 10.3. The average molecular weight is 306 g/mol. The smallest absolute Gasteiger partial charge is 0.229 e. The number of aromatic hydroxyl groups is 1. The molecule has 0 spiro atoms. The Morgan fingerprint density at radius 1 is 1.30 bits per heavy atom. The van der Waals surface area contributed by atoms with Crippen molar-refractivity contribution in [3.05, 3.63) is 41.0 Å². The molecule has 3 aromatic rings. The van der Waals surface area contributed by atoms with Gasteiger partial charge in [-0.05, 0) is 19.2 Å². The van der Waals surface area contributed by atoms with Crippen molar-refractivity contribution < 1.29 is 5.11 Å². The Morgan fingerprint density at radius 3 is 2.75 bits per heavy atom. The zero-order valence-corrected chi connectivity index (χ0v) is 12.5. The van der Waals surface area contributed by atoms with E-state index in [-0.39, 0.29) is 5.88 Å². The van der Waals surface area contributed by atoms with Gasteiger partial charge in [0.15, 0.2) is 5.65 Å². The number of thioether (sulfide) groups is 1. The van der Waals surface area contributed by atoms with Crippen LogP contribution in [-0.2, 0) is 0 Å². The Morgan fingerprint density at radius 2 is 2.05 bits per heavy atom. The highest BCUT2D eigenvalue weighted by atomic mass is 35.5. The first-order valence-corrected chi connectivity index (χ1v) is 7.60. The molecule has 0 amide bonds. The van der Waals surface area contributed by atoms with Gasteiger partial charge in [-0.2, -0.15) is 9.61 Å². The van der Waals surface area contributed by atoms with E-state index >= 15 is 0 Å². The lowest BCUT2D eigenvalue weighted by molar-refractivity contribution is 0.420. The Balaban J connectivity index is 2.26. The van der Waals surface area contributed by atoms with Crippen LogP contribution >= 0.6 is 23.4 Å². The normalized spacial score (nSPS) is 11.2. The molecule has 6 heteroatoms. The van der Waals surface area contributed by atoms with Gasteiger partial charge in [0.2, 0.25) is 5.88 Å². The maximum Gasteiger partial charge on any atom is 0.229 e. The van der Waals surface area contributed by atoms with Crippen LogP contribution < -0.4 is 0 Å². The van der Waals surface area contributed by atoms with Crippen LogP contribution in [0.5, 0.6) is 5.88 Å². The Labute approximate surface area is 125 Å². The second-order valence-electron chi connectivity index (χ2n) is 4.33. The van der Waals surface area contributed by atoms with Crippen molar-refractivity contribution in [2.24, 2.45) is 0 Å². The number of rotatable bonds is 2. The van der Waals surface area contributed by atoms with Crippen molar-refractivity contribution in [2.75, 3.05) is 6.26 Å². The number of aromatic nitrogens is 3. The van der Waals surface area contributed by atoms with Gasteiger partial charge in [0, 0.05) is 11.6 Å². The summed E-state index contributed by atoms with van der Waals surface area (Å²) >= 11 is 7.63. The minimum absolute atomic E-state index is 0.110. The van der Waals surface area contributed by atoms with E-state index < -0.39 is 0 Å². The summed E-state index contributed by atoms with van der Waals surface area (Å²) in [7, 11) is 0. The number of benzene rings is 1. The Hall–Kier alpha value is -1.72. The van der Waals surface area contributed by atoms with Crippen LogP contribution in [-0.4, -0.2) is 26.0 Å². The summed E-state index contributed by atoms with van der Waals surface area (Å²) in [5.41, 5.74) is 2.90. The third kappa shape index (κ3) is 2.03. The third-order valence-electron chi connectivity index (χ3n) is 3.06. The number of hydrogen-bond acceptors (Lipinski definition) is 4. The molecule has 0 aliphatic carbocycles. The lowest BCUT2D eigenvalue weighted by atomic mass is 10.1. The largest absolute Gasteiger partial charge is 0.492 e. The molecule has 0 saturated heterocycles. The van der Waals surface area contributed by atoms with Gasteiger partial charge in [0.05, 0.1) is 21.3 Å². The highest BCUT2D eigenvalue weighted by Crippen LogP contribution is 2.32. The second kappa shape index (κ2) is 5.00. The van der Waals surface area contributed by atoms with Gasteiger partial charge in [-0.15, -0.1) is 11.8 Å². The average Bonchev–Trinajstić information content (AvgIpc) is 2.83. The molecule has 2 heterocycles. The summed E-state index contributed by atoms with van der Waals surface area (Å²) in [6.07, 6.45) is 1.90. The molecule has 0 unspecified atom stereocenters. The Bertz CT molecular complexity index is 800. The zero-order valence-electron chi connectivity index (χ0n) is 11.0. The predicted molar refractivity (Wildman–Crippen MR) is 81.6 cm³/mol. The third-order valence-corrected chi connectivity index (χ3v) is 4.27. The molecule has 0 atom stereocenters. The lowest BCUT2D eigenvalue weighted by Gasteiger charge is -2.05. The monoisotopic (exact) mass is 305 g/mol. The molecular formula is C14H12ClN3OS. The standard InChI is InChI=1S/C14H12ClN3OS/c1-8-13(20-2)14(19)18-12(16-8)7-11(17-18)9-5-3-4-6-10(9)15/h3-7,19H,1-2H3. The predicted octanol–water partition coefficient (Wildman–Crippen LogP) is 3.79. The van der Waals surface area contributed by atoms with Gasteiger partial charge in [0.1, 0.15) is 0 Å². The first kappa shape index (κ1) is 13.3. The van der Waals surface area contributed by atoms with Gasteiger partial charge in [-0.25, -0.2) is 4.98 Å². The maximum absolute atomic E-state index is 10.3. The minimum Gasteiger partial charge on any atom is -0.492 e. The summed E-state index contributed by atoms with van der Waals surface area (Å²) < 4.78 is 1.44. The van der Waals surface area contributed by atoms with Crippen LogP contribution in [0.4, 0.5) is 0 Å². The quantitative estimate of drug-likeness (QED) is 0.732. The molecule has 20 heavy (non-hydrogen) atoms. The van der Waals surface area contributed by atoms with E-state index in [1.54, 1.807) is 0 Å². The highest BCUT2D eigenvalue weighted by Gasteiger charge is 2.15. The topological polar surface area (TPSA) is 50.4 Å². The molecule has 2 aromatic heterocycles. The van der Waals surface area contributed by atoms with Crippen LogP contribution in [0.3, 0.4) is 0 Å². The molecular weight excluding hydrogens is 294 g/mol. The molecule has 1 N–H and O–H groups in total. The second-order valence-corrected chi connectivity index (χ2v) is 5.56. The van der Waals surface area contributed by atoms with Crippen molar-refractivity contribution >= 4 is 29.0 Å². The van der Waals surface area contributed by atoms with E-state index in [2.05, 4.69) is 10.1 Å². The number of halogens is 1. The van der Waals surface area contributed by atoms with Gasteiger partial charge in [-0.3, -0.25) is 0 Å². The molecule has 0 saturated carbocycles. The summed E-state index contributed by atoms with van der Waals surface area (Å²) in [4.78, 5) is 5.19. The van der Waals surface area contributed by atoms with E-state index in [0.717, 1.165) is 16.2 Å². The van der Waals surface area contributed by atoms with E-state index in [4.69, 9.17) is 11.6 Å². The van der Waals surface area contributed by atoms with Gasteiger partial charge < -0.3 is 5.11 Å². The number of nitrogens with zero attached hydrogens (tertiary/aromatic N) is 3. The van der Waals surface area contributed by atoms with Crippen molar-refractivity contribution in [1.29, 1.82) is 0 Å². The highest BCUT2D eigenvalue weighted by molar-refractivity contribution is 7.98. The van der Waals surface area contributed by atoms with Gasteiger partial charge >= 0.3 is 0 Å². The van der Waals surface area contributed by atoms with E-state index in [1.165, 1.54) is 16.3 Å². The molecule has 1 aromatic carbocycles. The van der Waals surface area contributed by atoms with Gasteiger partial charge in [0.25, 0.3) is 0 Å². The van der Waals surface area contributed by atoms with Crippen molar-refractivity contribution in [2.45, 2.75) is 11.8 Å². The summed E-state index contributed by atoms with van der Waals surface area (Å²) in [6.45, 7) is 1.87. The van der Waals surface area contributed by atoms with Crippen LogP contribution in [0.15, 0.2) is 35.2 Å². The summed E-state index contributed by atoms with van der Waals surface area (Å²) in [5, 5.41) is 15.3. The van der Waals surface area contributed by atoms with E-state index in [1.807, 2.05) is 43.5 Å². The zero-order chi connectivity index (χ0) is 14.3. The van der Waals surface area contributed by atoms with Gasteiger partial charge in [-0.1, -0.05) is 29.8 Å². The van der Waals surface area contributed by atoms with E-state index in [9.17, 15) is 5.11 Å². The first-order chi connectivity index (χ1) is 9.61. The van der Waals surface area contributed by atoms with Crippen molar-refractivity contribution in [1.82, 2.24) is 14.6 Å². The molecule has 0 fully saturated rings. The number of aryl methyl sites for hydroxylation is 1. The summed E-state index contributed by atoms with van der Waals surface area (Å²) in [6, 6.07) is 9.29. The van der Waals surface area contributed by atoms with E-state index in [0.29, 0.717) is 16.4 Å². The summed E-state index contributed by atoms with van der Waals surface area (Å²) in [5.74, 6) is 0.110. The molecule has 0 bridgehead atoms. The number of fused-ring (bicyclic) bond motifs is 1. The fourth-order valence-electron chi connectivity index (χ4n) is 2.13. The molecule has 4 nitrogen and oxygen atoms in total. The minimum atomic E-state index is 0.110.